The quantitative estimate of drug-likeness (QED) is 0.0323. The maximum absolute atomic E-state index is 10.7. The van der Waals surface area contributed by atoms with Crippen molar-refractivity contribution in [2.75, 3.05) is 0 Å². The van der Waals surface area contributed by atoms with Crippen LogP contribution in [-0.4, -0.2) is 41.5 Å². The summed E-state index contributed by atoms with van der Waals surface area (Å²) in [6.45, 7) is 3.97. The maximum Gasteiger partial charge on any atom is 2.00 e. The van der Waals surface area contributed by atoms with Crippen molar-refractivity contribution in [3.8, 4) is 0 Å². The van der Waals surface area contributed by atoms with E-state index in [1.165, 1.54) is 24.3 Å². The van der Waals surface area contributed by atoms with Crippen LogP contribution < -0.4 is 0 Å². The summed E-state index contributed by atoms with van der Waals surface area (Å²) in [6, 6.07) is 31.0. The van der Waals surface area contributed by atoms with Crippen molar-refractivity contribution < 1.29 is 26.3 Å². The van der Waals surface area contributed by atoms with E-state index in [0.717, 1.165) is 23.5 Å². The van der Waals surface area contributed by atoms with Crippen LogP contribution in [0.25, 0.3) is 10.9 Å². The van der Waals surface area contributed by atoms with Gasteiger partial charge in [-0.3, -0.25) is 30.2 Å². The van der Waals surface area contributed by atoms with E-state index in [4.69, 9.17) is 0 Å². The van der Waals surface area contributed by atoms with Gasteiger partial charge < -0.3 is 20.8 Å². The predicted octanol–water partition coefficient (Wildman–Crippen LogP) is 9.69. The van der Waals surface area contributed by atoms with Crippen LogP contribution in [0.3, 0.4) is 0 Å². The van der Waals surface area contributed by atoms with Crippen LogP contribution >= 0.6 is 0 Å². The second kappa shape index (κ2) is 20.5. The molecule has 0 N–H and O–H groups in total. The number of amidine groups is 2. The molecule has 0 aliphatic heterocycles. The van der Waals surface area contributed by atoms with Gasteiger partial charge in [-0.05, 0) is 74.0 Å². The molecule has 0 atom stereocenters. The average Bonchev–Trinajstić information content (AvgIpc) is 3.20. The summed E-state index contributed by atoms with van der Waals surface area (Å²) in [6.07, 6.45) is 5.44. The molecular formula is C36H28N14NiO4. The Balaban J connectivity index is 0.000000240. The molecule has 0 saturated carbocycles. The van der Waals surface area contributed by atoms with Gasteiger partial charge in [-0.2, -0.15) is 0 Å². The van der Waals surface area contributed by atoms with Crippen molar-refractivity contribution in [3.63, 3.8) is 0 Å². The molecule has 0 aliphatic carbocycles. The summed E-state index contributed by atoms with van der Waals surface area (Å²) < 4.78 is 0. The van der Waals surface area contributed by atoms with E-state index < -0.39 is 9.85 Å². The van der Waals surface area contributed by atoms with Gasteiger partial charge in [0.1, 0.15) is 11.4 Å². The van der Waals surface area contributed by atoms with Gasteiger partial charge in [-0.1, -0.05) is 59.7 Å². The number of benzene rings is 2. The minimum atomic E-state index is -0.533. The fourth-order valence-electron chi connectivity index (χ4n) is 3.96. The summed E-state index contributed by atoms with van der Waals surface area (Å²) >= 11 is 0. The summed E-state index contributed by atoms with van der Waals surface area (Å²) in [5, 5.41) is 46.1. The van der Waals surface area contributed by atoms with Crippen LogP contribution in [0.2, 0.25) is 0 Å². The van der Waals surface area contributed by atoms with Gasteiger partial charge >= 0.3 is 16.5 Å². The largest absolute Gasteiger partial charge is 2.00 e. The van der Waals surface area contributed by atoms with Crippen LogP contribution in [0.4, 0.5) is 34.4 Å². The molecule has 276 valence electrons. The first kappa shape index (κ1) is 40.2. The number of hydrogen-bond acceptors (Lipinski definition) is 12. The Kier molecular flexibility index (Phi) is 15.0. The predicted molar refractivity (Wildman–Crippen MR) is 201 cm³/mol. The molecule has 0 bridgehead atoms. The number of pyridine rings is 4. The molecule has 0 saturated heterocycles. The zero-order valence-electron chi connectivity index (χ0n) is 28.9. The van der Waals surface area contributed by atoms with Crippen molar-refractivity contribution >= 4 is 46.1 Å². The minimum absolute atomic E-state index is 0. The minimum Gasteiger partial charge on any atom is -0.436 e. The zero-order chi connectivity index (χ0) is 38.1. The molecule has 18 nitrogen and oxygen atoms in total. The van der Waals surface area contributed by atoms with Gasteiger partial charge in [-0.25, -0.2) is 10.2 Å². The number of rotatable bonds is 10. The first-order valence-electron chi connectivity index (χ1n) is 15.8. The molecule has 0 aliphatic rings. The molecule has 4 aromatic heterocycles. The molecule has 0 unspecified atom stereocenters. The molecule has 0 fully saturated rings. The van der Waals surface area contributed by atoms with Gasteiger partial charge in [0.05, 0.1) is 21.2 Å². The first-order chi connectivity index (χ1) is 26.2. The van der Waals surface area contributed by atoms with Gasteiger partial charge in [0.15, 0.2) is 11.7 Å². The first-order valence-corrected chi connectivity index (χ1v) is 15.8. The van der Waals surface area contributed by atoms with Crippen LogP contribution in [0.15, 0.2) is 165 Å². The maximum atomic E-state index is 10.7. The number of nitro groups is 2. The van der Waals surface area contributed by atoms with Crippen molar-refractivity contribution in [1.82, 2.24) is 19.9 Å². The van der Waals surface area contributed by atoms with Crippen molar-refractivity contribution in [2.24, 2.45) is 30.7 Å². The SMILES string of the molecule is Cc1ccc(N=N/C(=N\[N-]c2ccc([N+](=O)[O-])cn2)c2ccccn2)cc1.Cc1ccc(N=N/C(=N\[N-]c2ccc([N+](=O)[O-])cn2)c2ccccn2)cc1.[Ni+2]. The average molecular weight is 779 g/mol. The standard InChI is InChI=1S/2C18H14N7O2.Ni/c2*1-13-5-7-14(8-6-13)21-23-18(16-4-2-3-11-19-16)24-22-17-10-9-15(12-20-17)25(26)27;/h2*2-12H,1H3;/q2*-1;+2/b2*23-21?,24-18-;. The van der Waals surface area contributed by atoms with Gasteiger partial charge in [0, 0.05) is 36.9 Å². The van der Waals surface area contributed by atoms with Crippen LogP contribution in [0, 0.1) is 34.1 Å². The molecule has 4 heterocycles. The van der Waals surface area contributed by atoms with E-state index in [1.807, 2.05) is 62.4 Å². The normalized spacial score (nSPS) is 11.3. The van der Waals surface area contributed by atoms with Crippen molar-refractivity contribution in [3.05, 3.63) is 188 Å². The zero-order valence-corrected chi connectivity index (χ0v) is 29.9. The Morgan fingerprint density at radius 3 is 1.25 bits per heavy atom. The topological polar surface area (TPSA) is 240 Å². The summed E-state index contributed by atoms with van der Waals surface area (Å²) in [5.41, 5.74) is 12.2. The van der Waals surface area contributed by atoms with E-state index in [1.54, 1.807) is 48.8 Å². The molecule has 0 spiro atoms. The molecular weight excluding hydrogens is 751 g/mol. The number of aromatic nitrogens is 4. The number of nitrogens with zero attached hydrogens (tertiary/aromatic N) is 14. The van der Waals surface area contributed by atoms with Crippen LogP contribution in [0.1, 0.15) is 22.5 Å². The Morgan fingerprint density at radius 2 is 0.945 bits per heavy atom. The van der Waals surface area contributed by atoms with Crippen molar-refractivity contribution in [2.45, 2.75) is 13.8 Å². The number of azo groups is 2. The molecule has 0 radical (unpaired) electrons. The van der Waals surface area contributed by atoms with E-state index in [-0.39, 0.29) is 51.2 Å². The third kappa shape index (κ3) is 12.9. The molecule has 0 amide bonds. The molecule has 2 aromatic carbocycles. The summed E-state index contributed by atoms with van der Waals surface area (Å²) in [7, 11) is 0. The van der Waals surface area contributed by atoms with Gasteiger partial charge in [0.25, 0.3) is 11.4 Å². The monoisotopic (exact) mass is 778 g/mol. The van der Waals surface area contributed by atoms with E-state index in [0.29, 0.717) is 22.8 Å². The van der Waals surface area contributed by atoms with E-state index >= 15 is 0 Å². The second-order valence-corrected chi connectivity index (χ2v) is 10.8. The van der Waals surface area contributed by atoms with E-state index in [9.17, 15) is 20.2 Å². The molecule has 55 heavy (non-hydrogen) atoms. The van der Waals surface area contributed by atoms with Gasteiger partial charge in [-0.15, -0.1) is 20.5 Å². The Morgan fingerprint density at radius 1 is 0.545 bits per heavy atom. The molecule has 6 rings (SSSR count). The van der Waals surface area contributed by atoms with Gasteiger partial charge in [0.2, 0.25) is 0 Å². The van der Waals surface area contributed by atoms with Crippen molar-refractivity contribution in [1.29, 1.82) is 0 Å². The smallest absolute Gasteiger partial charge is 0.436 e. The number of aryl methyl sites for hydroxylation is 2. The Bertz CT molecular complexity index is 2110. The van der Waals surface area contributed by atoms with Crippen LogP contribution in [0.5, 0.6) is 0 Å². The number of hydrogen-bond donors (Lipinski definition) is 0. The Labute approximate surface area is 323 Å². The molecule has 19 heteroatoms. The summed E-state index contributed by atoms with van der Waals surface area (Å²) in [4.78, 5) is 36.5. The second-order valence-electron chi connectivity index (χ2n) is 10.8. The third-order valence-electron chi connectivity index (χ3n) is 6.76. The fraction of sp³-hybridized carbons (Fsp3) is 0.0556. The third-order valence-corrected chi connectivity index (χ3v) is 6.76. The summed E-state index contributed by atoms with van der Waals surface area (Å²) in [5.74, 6) is 0.798. The molecule has 6 aromatic rings. The fourth-order valence-corrected chi connectivity index (χ4v) is 3.96. The van der Waals surface area contributed by atoms with Crippen LogP contribution in [-0.2, 0) is 16.5 Å². The van der Waals surface area contributed by atoms with E-state index in [2.05, 4.69) is 61.4 Å². The Hall–Kier alpha value is -7.53.